The van der Waals surface area contributed by atoms with Gasteiger partial charge in [-0.1, -0.05) is 36.4 Å². The molecule has 4 aromatic rings. The SMILES string of the molecule is COc1ccc2cc([C@](C)(C=O)c3c[nH]c4ccccc34)ccc2c1. The van der Waals surface area contributed by atoms with Crippen LogP contribution < -0.4 is 4.74 Å². The number of benzene rings is 3. The number of aldehydes is 1. The lowest BCUT2D eigenvalue weighted by Gasteiger charge is -2.24. The van der Waals surface area contributed by atoms with E-state index in [9.17, 15) is 4.79 Å². The summed E-state index contributed by atoms with van der Waals surface area (Å²) < 4.78 is 5.29. The lowest BCUT2D eigenvalue weighted by molar-refractivity contribution is -0.110. The van der Waals surface area contributed by atoms with Gasteiger partial charge < -0.3 is 14.5 Å². The molecule has 1 atom stereocenters. The Labute approximate surface area is 146 Å². The lowest BCUT2D eigenvalue weighted by atomic mass is 9.77. The molecule has 3 heteroatoms. The van der Waals surface area contributed by atoms with Gasteiger partial charge in [-0.15, -0.1) is 0 Å². The number of aromatic nitrogens is 1. The average molecular weight is 329 g/mol. The van der Waals surface area contributed by atoms with Crippen LogP contribution in [0.2, 0.25) is 0 Å². The summed E-state index contributed by atoms with van der Waals surface area (Å²) in [7, 11) is 1.66. The first kappa shape index (κ1) is 15.5. The minimum absolute atomic E-state index is 0.715. The molecule has 0 amide bonds. The predicted molar refractivity (Wildman–Crippen MR) is 101 cm³/mol. The zero-order chi connectivity index (χ0) is 17.4. The maximum absolute atomic E-state index is 12.2. The molecule has 0 aliphatic rings. The molecule has 0 saturated carbocycles. The van der Waals surface area contributed by atoms with Crippen LogP contribution in [0, 0.1) is 0 Å². The summed E-state index contributed by atoms with van der Waals surface area (Å²) in [6.07, 6.45) is 2.98. The molecule has 4 rings (SSSR count). The van der Waals surface area contributed by atoms with E-state index < -0.39 is 5.41 Å². The predicted octanol–water partition coefficient (Wildman–Crippen LogP) is 4.83. The highest BCUT2D eigenvalue weighted by atomic mass is 16.5. The quantitative estimate of drug-likeness (QED) is 0.545. The van der Waals surface area contributed by atoms with E-state index in [2.05, 4.69) is 17.1 Å². The lowest BCUT2D eigenvalue weighted by Crippen LogP contribution is -2.25. The van der Waals surface area contributed by atoms with Gasteiger partial charge in [0.25, 0.3) is 0 Å². The van der Waals surface area contributed by atoms with Crippen LogP contribution in [0.4, 0.5) is 0 Å². The van der Waals surface area contributed by atoms with Crippen molar-refractivity contribution in [2.75, 3.05) is 7.11 Å². The molecule has 0 fully saturated rings. The molecule has 124 valence electrons. The van der Waals surface area contributed by atoms with Crippen molar-refractivity contribution < 1.29 is 9.53 Å². The number of ether oxygens (including phenoxy) is 1. The van der Waals surface area contributed by atoms with Crippen LogP contribution in [0.25, 0.3) is 21.7 Å². The number of rotatable bonds is 4. The molecule has 3 aromatic carbocycles. The maximum Gasteiger partial charge on any atom is 0.134 e. The van der Waals surface area contributed by atoms with Gasteiger partial charge in [0.15, 0.2) is 0 Å². The van der Waals surface area contributed by atoms with Gasteiger partial charge in [0, 0.05) is 17.1 Å². The second-order valence-electron chi connectivity index (χ2n) is 6.50. The number of H-pyrrole nitrogens is 1. The van der Waals surface area contributed by atoms with Crippen LogP contribution >= 0.6 is 0 Å². The van der Waals surface area contributed by atoms with Crippen LogP contribution in [0.5, 0.6) is 5.75 Å². The molecule has 1 aromatic heterocycles. The molecule has 0 aliphatic heterocycles. The molecular weight excluding hydrogens is 310 g/mol. The van der Waals surface area contributed by atoms with Crippen LogP contribution in [0.1, 0.15) is 18.1 Å². The van der Waals surface area contributed by atoms with Gasteiger partial charge >= 0.3 is 0 Å². The molecule has 0 bridgehead atoms. The van der Waals surface area contributed by atoms with Crippen molar-refractivity contribution in [3.05, 3.63) is 78.0 Å². The van der Waals surface area contributed by atoms with Gasteiger partial charge in [-0.3, -0.25) is 0 Å². The maximum atomic E-state index is 12.2. The average Bonchev–Trinajstić information content (AvgIpc) is 3.11. The molecule has 0 aliphatic carbocycles. The molecule has 0 spiro atoms. The number of hydrogen-bond acceptors (Lipinski definition) is 2. The van der Waals surface area contributed by atoms with Gasteiger partial charge in [-0.05, 0) is 53.1 Å². The van der Waals surface area contributed by atoms with Crippen molar-refractivity contribution in [1.29, 1.82) is 0 Å². The summed E-state index contributed by atoms with van der Waals surface area (Å²) >= 11 is 0. The van der Waals surface area contributed by atoms with Crippen molar-refractivity contribution in [2.24, 2.45) is 0 Å². The second kappa shape index (κ2) is 5.78. The van der Waals surface area contributed by atoms with Crippen molar-refractivity contribution in [1.82, 2.24) is 4.98 Å². The highest BCUT2D eigenvalue weighted by Gasteiger charge is 2.31. The van der Waals surface area contributed by atoms with E-state index in [0.29, 0.717) is 0 Å². The largest absolute Gasteiger partial charge is 0.497 e. The summed E-state index contributed by atoms with van der Waals surface area (Å²) in [5.74, 6) is 0.829. The zero-order valence-electron chi connectivity index (χ0n) is 14.2. The normalized spacial score (nSPS) is 13.7. The fraction of sp³-hybridized carbons (Fsp3) is 0.136. The Morgan fingerprint density at radius 1 is 1.00 bits per heavy atom. The Morgan fingerprint density at radius 3 is 2.56 bits per heavy atom. The first-order valence-electron chi connectivity index (χ1n) is 8.27. The summed E-state index contributed by atoms with van der Waals surface area (Å²) in [6, 6.07) is 20.2. The highest BCUT2D eigenvalue weighted by Crippen LogP contribution is 2.36. The molecular formula is C22H19NO2. The molecule has 3 nitrogen and oxygen atoms in total. The summed E-state index contributed by atoms with van der Waals surface area (Å²) in [4.78, 5) is 15.4. The van der Waals surface area contributed by atoms with Crippen LogP contribution in [-0.2, 0) is 10.2 Å². The Hall–Kier alpha value is -3.07. The van der Waals surface area contributed by atoms with Crippen molar-refractivity contribution in [2.45, 2.75) is 12.3 Å². The third kappa shape index (κ3) is 2.40. The topological polar surface area (TPSA) is 42.1 Å². The van der Waals surface area contributed by atoms with Crippen molar-refractivity contribution in [3.63, 3.8) is 0 Å². The number of methoxy groups -OCH3 is 1. The molecule has 25 heavy (non-hydrogen) atoms. The number of carbonyl (C=O) groups excluding carboxylic acids is 1. The second-order valence-corrected chi connectivity index (χ2v) is 6.50. The highest BCUT2D eigenvalue weighted by molar-refractivity contribution is 5.92. The number of fused-ring (bicyclic) bond motifs is 2. The minimum atomic E-state index is -0.715. The fourth-order valence-corrected chi connectivity index (χ4v) is 3.46. The van der Waals surface area contributed by atoms with Gasteiger partial charge in [0.2, 0.25) is 0 Å². The van der Waals surface area contributed by atoms with E-state index in [1.54, 1.807) is 7.11 Å². The first-order chi connectivity index (χ1) is 12.2. The van der Waals surface area contributed by atoms with Gasteiger partial charge in [0.1, 0.15) is 12.0 Å². The van der Waals surface area contributed by atoms with Crippen LogP contribution in [0.3, 0.4) is 0 Å². The zero-order valence-corrected chi connectivity index (χ0v) is 14.2. The third-order valence-electron chi connectivity index (χ3n) is 5.03. The van der Waals surface area contributed by atoms with Crippen molar-refractivity contribution in [3.8, 4) is 5.75 Å². The Morgan fingerprint density at radius 2 is 1.76 bits per heavy atom. The Bertz CT molecular complexity index is 1080. The summed E-state index contributed by atoms with van der Waals surface area (Å²) in [6.45, 7) is 1.97. The first-order valence-corrected chi connectivity index (χ1v) is 8.27. The number of hydrogen-bond donors (Lipinski definition) is 1. The van der Waals surface area contributed by atoms with Gasteiger partial charge in [-0.25, -0.2) is 0 Å². The number of aromatic amines is 1. The van der Waals surface area contributed by atoms with E-state index in [-0.39, 0.29) is 0 Å². The van der Waals surface area contributed by atoms with E-state index in [4.69, 9.17) is 4.74 Å². The van der Waals surface area contributed by atoms with Gasteiger partial charge in [-0.2, -0.15) is 0 Å². The number of para-hydroxylation sites is 1. The minimum Gasteiger partial charge on any atom is -0.497 e. The van der Waals surface area contributed by atoms with Gasteiger partial charge in [0.05, 0.1) is 12.5 Å². The smallest absolute Gasteiger partial charge is 0.134 e. The van der Waals surface area contributed by atoms with E-state index in [1.165, 1.54) is 0 Å². The van der Waals surface area contributed by atoms with Crippen LogP contribution in [0.15, 0.2) is 66.9 Å². The molecule has 1 N–H and O–H groups in total. The molecule has 0 radical (unpaired) electrons. The van der Waals surface area contributed by atoms with E-state index in [0.717, 1.165) is 44.8 Å². The van der Waals surface area contributed by atoms with Crippen molar-refractivity contribution >= 4 is 28.0 Å². The standard InChI is InChI=1S/C22H19NO2/c1-22(14-24,20-13-23-21-6-4-3-5-19(20)21)17-9-7-16-12-18(25-2)10-8-15(16)11-17/h3-14,23H,1-2H3/t22-/m0/s1. The fourth-order valence-electron chi connectivity index (χ4n) is 3.46. The Balaban J connectivity index is 1.90. The molecule has 0 saturated heterocycles. The van der Waals surface area contributed by atoms with E-state index in [1.807, 2.05) is 61.7 Å². The number of nitrogens with one attached hydrogen (secondary N) is 1. The monoisotopic (exact) mass is 329 g/mol. The summed E-state index contributed by atoms with van der Waals surface area (Å²) in [5, 5.41) is 3.26. The number of carbonyl (C=O) groups is 1. The third-order valence-corrected chi connectivity index (χ3v) is 5.03. The van der Waals surface area contributed by atoms with Crippen LogP contribution in [-0.4, -0.2) is 18.4 Å². The molecule has 1 heterocycles. The summed E-state index contributed by atoms with van der Waals surface area (Å²) in [5.41, 5.74) is 2.29. The van der Waals surface area contributed by atoms with E-state index >= 15 is 0 Å². The molecule has 0 unspecified atom stereocenters. The Kier molecular flexibility index (Phi) is 3.57.